The molecule has 4 rings (SSSR count). The number of halogens is 2. The number of nitrogens with one attached hydrogen (secondary N) is 1. The van der Waals surface area contributed by atoms with Crippen molar-refractivity contribution in [1.29, 1.82) is 0 Å². The first kappa shape index (κ1) is 34.6. The molecule has 3 aromatic rings. The molecule has 15 heteroatoms. The van der Waals surface area contributed by atoms with E-state index in [0.29, 0.717) is 48.5 Å². The first-order valence-electron chi connectivity index (χ1n) is 14.5. The average molecular weight is 663 g/mol. The first-order chi connectivity index (χ1) is 21.7. The maximum absolute atomic E-state index is 13.1. The smallest absolute Gasteiger partial charge is 0.433 e. The SMILES string of the molecule is Cc1cc(Nc2cc(C(F)F)ccn2)nc(-c2ccc([C@](C)(O)C3CCC(C(=O)OCOC(=O)OCCS(C)(=O)=O)CC3)nc2)c1. The maximum Gasteiger partial charge on any atom is 0.511 e. The Morgan fingerprint density at radius 3 is 2.43 bits per heavy atom. The molecule has 2 N–H and O–H groups in total. The van der Waals surface area contributed by atoms with Crippen molar-refractivity contribution in [2.24, 2.45) is 11.8 Å². The van der Waals surface area contributed by atoms with Crippen molar-refractivity contribution in [3.05, 3.63) is 65.6 Å². The van der Waals surface area contributed by atoms with Crippen LogP contribution >= 0.6 is 0 Å². The summed E-state index contributed by atoms with van der Waals surface area (Å²) in [5, 5.41) is 14.4. The van der Waals surface area contributed by atoms with Gasteiger partial charge in [0.05, 0.1) is 23.1 Å². The Labute approximate surface area is 265 Å². The number of hydrogen-bond donors (Lipinski definition) is 2. The van der Waals surface area contributed by atoms with Crippen molar-refractivity contribution >= 4 is 33.6 Å². The van der Waals surface area contributed by atoms with E-state index in [1.807, 2.05) is 13.0 Å². The van der Waals surface area contributed by atoms with E-state index in [0.717, 1.165) is 11.8 Å². The first-order valence-corrected chi connectivity index (χ1v) is 16.6. The largest absolute Gasteiger partial charge is 0.511 e. The molecular formula is C31H36F2N4O8S. The highest BCUT2D eigenvalue weighted by atomic mass is 32.2. The van der Waals surface area contributed by atoms with Crippen molar-refractivity contribution in [1.82, 2.24) is 15.0 Å². The number of carbonyl (C=O) groups is 2. The van der Waals surface area contributed by atoms with Gasteiger partial charge in [-0.15, -0.1) is 0 Å². The highest BCUT2D eigenvalue weighted by molar-refractivity contribution is 7.90. The number of esters is 1. The molecule has 0 amide bonds. The fourth-order valence-corrected chi connectivity index (χ4v) is 5.56. The Kier molecular flexibility index (Phi) is 11.2. The summed E-state index contributed by atoms with van der Waals surface area (Å²) >= 11 is 0. The van der Waals surface area contributed by atoms with E-state index in [2.05, 4.69) is 29.7 Å². The standard InChI is InChI=1S/C31H36F2N4O8S/c1-19-14-24(36-27(15-19)37-26-16-21(28(32)33)10-11-34-26)22-6-9-25(35-17-22)31(2,40)23-7-4-20(5-8-23)29(38)44-18-45-30(39)43-12-13-46(3,41)42/h6,9-11,14-17,20,23,28,40H,4-5,7-8,12-13,18H2,1-3H3,(H,34,36,37)/t20?,23?,31-/m1/s1. The molecule has 1 saturated carbocycles. The van der Waals surface area contributed by atoms with Crippen molar-refractivity contribution in [2.75, 3.05) is 30.7 Å². The monoisotopic (exact) mass is 662 g/mol. The highest BCUT2D eigenvalue weighted by Crippen LogP contribution is 2.41. The number of pyridine rings is 3. The normalized spacial score (nSPS) is 18.0. The molecule has 3 heterocycles. The number of rotatable bonds is 12. The van der Waals surface area contributed by atoms with Gasteiger partial charge in [-0.3, -0.25) is 9.78 Å². The minimum absolute atomic E-state index is 0.152. The van der Waals surface area contributed by atoms with E-state index < -0.39 is 46.7 Å². The van der Waals surface area contributed by atoms with Crippen LogP contribution in [0.4, 0.5) is 25.2 Å². The van der Waals surface area contributed by atoms with Gasteiger partial charge in [-0.25, -0.2) is 32.0 Å². The Balaban J connectivity index is 1.30. The van der Waals surface area contributed by atoms with E-state index in [-0.39, 0.29) is 29.7 Å². The van der Waals surface area contributed by atoms with Gasteiger partial charge in [0, 0.05) is 29.8 Å². The van der Waals surface area contributed by atoms with Crippen molar-refractivity contribution in [2.45, 2.75) is 51.6 Å². The molecule has 1 fully saturated rings. The molecule has 0 aliphatic heterocycles. The topological polar surface area (TPSA) is 167 Å². The van der Waals surface area contributed by atoms with Crippen LogP contribution in [0.2, 0.25) is 0 Å². The molecule has 0 aromatic carbocycles. The summed E-state index contributed by atoms with van der Waals surface area (Å²) in [5.74, 6) is -0.833. The molecule has 12 nitrogen and oxygen atoms in total. The van der Waals surface area contributed by atoms with Gasteiger partial charge in [-0.1, -0.05) is 0 Å². The molecule has 0 bridgehead atoms. The van der Waals surface area contributed by atoms with Crippen molar-refractivity contribution in [3.8, 4) is 11.3 Å². The Morgan fingerprint density at radius 1 is 1.04 bits per heavy atom. The number of aliphatic hydroxyl groups is 1. The molecule has 0 saturated heterocycles. The third-order valence-corrected chi connectivity index (χ3v) is 8.66. The lowest BCUT2D eigenvalue weighted by Gasteiger charge is -2.37. The van der Waals surface area contributed by atoms with Crippen LogP contribution in [0.15, 0.2) is 48.8 Å². The molecule has 1 aliphatic rings. The van der Waals surface area contributed by atoms with Crippen LogP contribution < -0.4 is 5.32 Å². The predicted octanol–water partition coefficient (Wildman–Crippen LogP) is 5.24. The summed E-state index contributed by atoms with van der Waals surface area (Å²) in [6, 6.07) is 9.67. The molecule has 248 valence electrons. The molecule has 0 spiro atoms. The second-order valence-corrected chi connectivity index (χ2v) is 13.7. The average Bonchev–Trinajstić information content (AvgIpc) is 3.00. The van der Waals surface area contributed by atoms with Gasteiger partial charge in [0.15, 0.2) is 9.84 Å². The summed E-state index contributed by atoms with van der Waals surface area (Å²) in [4.78, 5) is 37.2. The van der Waals surface area contributed by atoms with Gasteiger partial charge in [0.2, 0.25) is 6.79 Å². The number of aromatic nitrogens is 3. The molecule has 3 aromatic heterocycles. The quantitative estimate of drug-likeness (QED) is 0.192. The van der Waals surface area contributed by atoms with Gasteiger partial charge in [0.25, 0.3) is 6.43 Å². The summed E-state index contributed by atoms with van der Waals surface area (Å²) in [6.07, 6.45) is 2.13. The highest BCUT2D eigenvalue weighted by Gasteiger charge is 2.39. The zero-order chi connectivity index (χ0) is 33.5. The number of alkyl halides is 2. The molecular weight excluding hydrogens is 626 g/mol. The zero-order valence-electron chi connectivity index (χ0n) is 25.6. The summed E-state index contributed by atoms with van der Waals surface area (Å²) < 4.78 is 62.6. The van der Waals surface area contributed by atoms with E-state index >= 15 is 0 Å². The van der Waals surface area contributed by atoms with E-state index in [9.17, 15) is 31.9 Å². The van der Waals surface area contributed by atoms with Crippen LogP contribution in [-0.2, 0) is 34.4 Å². The van der Waals surface area contributed by atoms with Crippen LogP contribution in [0.1, 0.15) is 55.9 Å². The number of hydrogen-bond acceptors (Lipinski definition) is 12. The molecule has 1 aliphatic carbocycles. The van der Waals surface area contributed by atoms with Gasteiger partial charge in [-0.2, -0.15) is 0 Å². The lowest BCUT2D eigenvalue weighted by atomic mass is 9.73. The molecule has 1 atom stereocenters. The number of sulfone groups is 1. The Bertz CT molecular complexity index is 1630. The van der Waals surface area contributed by atoms with Crippen molar-refractivity contribution < 1.29 is 46.1 Å². The van der Waals surface area contributed by atoms with Crippen molar-refractivity contribution in [3.63, 3.8) is 0 Å². The number of ether oxygens (including phenoxy) is 3. The Morgan fingerprint density at radius 2 is 1.78 bits per heavy atom. The van der Waals surface area contributed by atoms with E-state index in [1.165, 1.54) is 18.3 Å². The lowest BCUT2D eigenvalue weighted by molar-refractivity contribution is -0.160. The van der Waals surface area contributed by atoms with Gasteiger partial charge >= 0.3 is 12.1 Å². The van der Waals surface area contributed by atoms with E-state index in [1.54, 1.807) is 31.3 Å². The summed E-state index contributed by atoms with van der Waals surface area (Å²) in [5.41, 5.74) is 1.19. The van der Waals surface area contributed by atoms with Crippen LogP contribution in [0.3, 0.4) is 0 Å². The van der Waals surface area contributed by atoms with Gasteiger partial charge in [-0.05, 0) is 87.4 Å². The minimum Gasteiger partial charge on any atom is -0.433 e. The second-order valence-electron chi connectivity index (χ2n) is 11.4. The third kappa shape index (κ3) is 9.63. The van der Waals surface area contributed by atoms with Gasteiger partial charge < -0.3 is 24.6 Å². The number of aryl methyl sites for hydroxylation is 1. The number of carbonyl (C=O) groups excluding carboxylic acids is 2. The fourth-order valence-electron chi connectivity index (χ4n) is 5.18. The summed E-state index contributed by atoms with van der Waals surface area (Å²) in [7, 11) is -3.29. The maximum atomic E-state index is 13.1. The Hall–Kier alpha value is -4.24. The second kappa shape index (κ2) is 14.9. The van der Waals surface area contributed by atoms with Crippen LogP contribution in [0.5, 0.6) is 0 Å². The van der Waals surface area contributed by atoms with Gasteiger partial charge in [0.1, 0.15) is 23.8 Å². The van der Waals surface area contributed by atoms with E-state index in [4.69, 9.17) is 4.74 Å². The summed E-state index contributed by atoms with van der Waals surface area (Å²) in [6.45, 7) is 2.55. The molecule has 0 unspecified atom stereocenters. The number of anilines is 2. The minimum atomic E-state index is -3.29. The zero-order valence-corrected chi connectivity index (χ0v) is 26.4. The van der Waals surface area contributed by atoms with Crippen LogP contribution in [0.25, 0.3) is 11.3 Å². The van der Waals surface area contributed by atoms with Crippen LogP contribution in [0, 0.1) is 18.8 Å². The predicted molar refractivity (Wildman–Crippen MR) is 163 cm³/mol. The fraction of sp³-hybridized carbons (Fsp3) is 0.452. The van der Waals surface area contributed by atoms with Crippen LogP contribution in [-0.4, -0.2) is 66.0 Å². The lowest BCUT2D eigenvalue weighted by Crippen LogP contribution is -2.37. The molecule has 0 radical (unpaired) electrons. The molecule has 46 heavy (non-hydrogen) atoms. The third-order valence-electron chi connectivity index (χ3n) is 7.75. The number of nitrogens with zero attached hydrogens (tertiary/aromatic N) is 3.